The molecule has 1 N–H and O–H groups in total. The molecule has 8 heteroatoms. The van der Waals surface area contributed by atoms with Crippen LogP contribution in [0.25, 0.3) is 5.82 Å². The van der Waals surface area contributed by atoms with Gasteiger partial charge in [-0.2, -0.15) is 14.9 Å². The maximum Gasteiger partial charge on any atom is 0.225 e. The average Bonchev–Trinajstić information content (AvgIpc) is 2.94. The van der Waals surface area contributed by atoms with Gasteiger partial charge >= 0.3 is 0 Å². The number of amides is 1. The normalized spacial score (nSPS) is 10.7. The zero-order chi connectivity index (χ0) is 17.8. The van der Waals surface area contributed by atoms with E-state index in [-0.39, 0.29) is 12.3 Å². The first-order chi connectivity index (χ1) is 12.0. The summed E-state index contributed by atoms with van der Waals surface area (Å²) in [6, 6.07) is 6.73. The third kappa shape index (κ3) is 4.23. The van der Waals surface area contributed by atoms with Gasteiger partial charge in [-0.15, -0.1) is 5.10 Å². The monoisotopic (exact) mass is 340 g/mol. The number of aryl methyl sites for hydroxylation is 3. The fourth-order valence-corrected chi connectivity index (χ4v) is 2.32. The molecular formula is C17H17FN6O. The number of nitrogens with one attached hydrogen (secondary N) is 1. The molecule has 7 nitrogen and oxygen atoms in total. The van der Waals surface area contributed by atoms with E-state index < -0.39 is 5.82 Å². The molecule has 3 heterocycles. The molecule has 0 saturated heterocycles. The smallest absolute Gasteiger partial charge is 0.225 e. The average molecular weight is 340 g/mol. The summed E-state index contributed by atoms with van der Waals surface area (Å²) in [7, 11) is 0. The minimum atomic E-state index is -0.412. The molecule has 0 aliphatic carbocycles. The molecule has 3 rings (SSSR count). The maximum absolute atomic E-state index is 13.1. The second-order valence-electron chi connectivity index (χ2n) is 5.68. The fraction of sp³-hybridized carbons (Fsp3) is 0.235. The summed E-state index contributed by atoms with van der Waals surface area (Å²) in [5.41, 5.74) is 2.21. The Hall–Kier alpha value is -3.16. The molecule has 0 spiro atoms. The molecule has 0 aromatic carbocycles. The molecule has 3 aromatic rings. The third-order valence-electron chi connectivity index (χ3n) is 3.50. The predicted octanol–water partition coefficient (Wildman–Crippen LogP) is 2.38. The Morgan fingerprint density at radius 3 is 2.72 bits per heavy atom. The van der Waals surface area contributed by atoms with Crippen LogP contribution in [-0.2, 0) is 11.2 Å². The summed E-state index contributed by atoms with van der Waals surface area (Å²) in [6.07, 6.45) is 3.28. The van der Waals surface area contributed by atoms with Gasteiger partial charge in [0, 0.05) is 18.7 Å². The van der Waals surface area contributed by atoms with Crippen molar-refractivity contribution in [3.8, 4) is 5.82 Å². The van der Waals surface area contributed by atoms with Gasteiger partial charge in [-0.05, 0) is 44.0 Å². The summed E-state index contributed by atoms with van der Waals surface area (Å²) in [5, 5.41) is 15.2. The van der Waals surface area contributed by atoms with Crippen molar-refractivity contribution >= 4 is 11.7 Å². The van der Waals surface area contributed by atoms with Crippen molar-refractivity contribution in [2.45, 2.75) is 26.7 Å². The van der Waals surface area contributed by atoms with Gasteiger partial charge in [0.15, 0.2) is 5.82 Å². The first-order valence-electron chi connectivity index (χ1n) is 7.78. The van der Waals surface area contributed by atoms with Crippen molar-refractivity contribution in [3.05, 3.63) is 59.4 Å². The summed E-state index contributed by atoms with van der Waals surface area (Å²) < 4.78 is 14.7. The van der Waals surface area contributed by atoms with Crippen molar-refractivity contribution in [3.63, 3.8) is 0 Å². The molecule has 128 valence electrons. The van der Waals surface area contributed by atoms with E-state index in [2.05, 4.69) is 25.6 Å². The SMILES string of the molecule is Cc1ccc(-n2nc(C)cc2NC(=O)CCc2cncc(F)c2)nn1. The molecule has 1 amide bonds. The first kappa shape index (κ1) is 16.7. The van der Waals surface area contributed by atoms with Gasteiger partial charge in [-0.1, -0.05) is 0 Å². The van der Waals surface area contributed by atoms with E-state index in [0.29, 0.717) is 23.6 Å². The van der Waals surface area contributed by atoms with Gasteiger partial charge in [-0.3, -0.25) is 9.78 Å². The quantitative estimate of drug-likeness (QED) is 0.771. The van der Waals surface area contributed by atoms with Gasteiger partial charge in [0.25, 0.3) is 0 Å². The van der Waals surface area contributed by atoms with E-state index in [1.165, 1.54) is 10.7 Å². The largest absolute Gasteiger partial charge is 0.311 e. The Kier molecular flexibility index (Phi) is 4.78. The minimum absolute atomic E-state index is 0.203. The Balaban J connectivity index is 1.70. The Labute approximate surface area is 143 Å². The van der Waals surface area contributed by atoms with Crippen LogP contribution in [0.5, 0.6) is 0 Å². The first-order valence-corrected chi connectivity index (χ1v) is 7.78. The highest BCUT2D eigenvalue weighted by Gasteiger charge is 2.12. The van der Waals surface area contributed by atoms with Crippen LogP contribution in [0.3, 0.4) is 0 Å². The number of aromatic nitrogens is 5. The summed E-state index contributed by atoms with van der Waals surface area (Å²) in [4.78, 5) is 16.0. The number of hydrogen-bond donors (Lipinski definition) is 1. The number of pyridine rings is 1. The molecule has 25 heavy (non-hydrogen) atoms. The van der Waals surface area contributed by atoms with E-state index in [1.54, 1.807) is 18.3 Å². The van der Waals surface area contributed by atoms with E-state index >= 15 is 0 Å². The Morgan fingerprint density at radius 2 is 2.00 bits per heavy atom. The predicted molar refractivity (Wildman–Crippen MR) is 89.8 cm³/mol. The van der Waals surface area contributed by atoms with Gasteiger partial charge in [0.05, 0.1) is 17.6 Å². The summed E-state index contributed by atoms with van der Waals surface area (Å²) >= 11 is 0. The lowest BCUT2D eigenvalue weighted by Gasteiger charge is -2.08. The van der Waals surface area contributed by atoms with Crippen LogP contribution in [0, 0.1) is 19.7 Å². The van der Waals surface area contributed by atoms with Crippen LogP contribution in [0.4, 0.5) is 10.2 Å². The van der Waals surface area contributed by atoms with E-state index in [9.17, 15) is 9.18 Å². The highest BCUT2D eigenvalue weighted by Crippen LogP contribution is 2.16. The standard InChI is InChI=1S/C17H17FN6O/c1-11-3-5-15(22-21-11)24-16(7-12(2)23-24)20-17(25)6-4-13-8-14(18)10-19-9-13/h3,5,7-10H,4,6H2,1-2H3,(H,20,25). The van der Waals surface area contributed by atoms with Crippen LogP contribution in [0.1, 0.15) is 23.4 Å². The molecule has 0 fully saturated rings. The van der Waals surface area contributed by atoms with E-state index in [1.807, 2.05) is 19.9 Å². The van der Waals surface area contributed by atoms with Crippen LogP contribution in [-0.4, -0.2) is 30.9 Å². The molecular weight excluding hydrogens is 323 g/mol. The zero-order valence-corrected chi connectivity index (χ0v) is 13.9. The number of carbonyl (C=O) groups excluding carboxylic acids is 1. The molecule has 0 aliphatic rings. The van der Waals surface area contributed by atoms with Crippen molar-refractivity contribution in [1.29, 1.82) is 0 Å². The number of carbonyl (C=O) groups is 1. The number of hydrogen-bond acceptors (Lipinski definition) is 5. The van der Waals surface area contributed by atoms with Gasteiger partial charge in [0.2, 0.25) is 5.91 Å². The highest BCUT2D eigenvalue weighted by atomic mass is 19.1. The molecule has 0 unspecified atom stereocenters. The fourth-order valence-electron chi connectivity index (χ4n) is 2.32. The molecule has 0 bridgehead atoms. The molecule has 3 aromatic heterocycles. The van der Waals surface area contributed by atoms with Crippen molar-refractivity contribution < 1.29 is 9.18 Å². The van der Waals surface area contributed by atoms with Crippen LogP contribution >= 0.6 is 0 Å². The number of nitrogens with zero attached hydrogens (tertiary/aromatic N) is 5. The zero-order valence-electron chi connectivity index (χ0n) is 13.9. The van der Waals surface area contributed by atoms with Gasteiger partial charge in [-0.25, -0.2) is 4.39 Å². The lowest BCUT2D eigenvalue weighted by atomic mass is 10.1. The third-order valence-corrected chi connectivity index (χ3v) is 3.50. The maximum atomic E-state index is 13.1. The topological polar surface area (TPSA) is 85.6 Å². The number of rotatable bonds is 5. The Morgan fingerprint density at radius 1 is 1.16 bits per heavy atom. The molecule has 0 atom stereocenters. The van der Waals surface area contributed by atoms with E-state index in [0.717, 1.165) is 17.6 Å². The second-order valence-corrected chi connectivity index (χ2v) is 5.68. The van der Waals surface area contributed by atoms with Crippen LogP contribution in [0.2, 0.25) is 0 Å². The van der Waals surface area contributed by atoms with Gasteiger partial charge in [0.1, 0.15) is 11.6 Å². The van der Waals surface area contributed by atoms with Crippen molar-refractivity contribution in [1.82, 2.24) is 25.0 Å². The van der Waals surface area contributed by atoms with E-state index in [4.69, 9.17) is 0 Å². The van der Waals surface area contributed by atoms with Crippen LogP contribution in [0.15, 0.2) is 36.7 Å². The highest BCUT2D eigenvalue weighted by molar-refractivity contribution is 5.90. The molecule has 0 aliphatic heterocycles. The van der Waals surface area contributed by atoms with Crippen LogP contribution < -0.4 is 5.32 Å². The summed E-state index contributed by atoms with van der Waals surface area (Å²) in [5.74, 6) is 0.413. The van der Waals surface area contributed by atoms with Crippen molar-refractivity contribution in [2.24, 2.45) is 0 Å². The molecule has 0 saturated carbocycles. The van der Waals surface area contributed by atoms with Gasteiger partial charge < -0.3 is 5.32 Å². The lowest BCUT2D eigenvalue weighted by molar-refractivity contribution is -0.116. The molecule has 0 radical (unpaired) electrons. The summed E-state index contributed by atoms with van der Waals surface area (Å²) in [6.45, 7) is 3.67. The lowest BCUT2D eigenvalue weighted by Crippen LogP contribution is -2.16. The second kappa shape index (κ2) is 7.16. The minimum Gasteiger partial charge on any atom is -0.311 e. The number of halogens is 1. The number of anilines is 1. The van der Waals surface area contributed by atoms with Crippen molar-refractivity contribution in [2.75, 3.05) is 5.32 Å². The Bertz CT molecular complexity index is 890.